The number of carbonyl (C=O) groups is 2. The van der Waals surface area contributed by atoms with Crippen LogP contribution < -0.4 is 4.74 Å². The zero-order chi connectivity index (χ0) is 21.0. The van der Waals surface area contributed by atoms with Crippen LogP contribution in [-0.2, 0) is 35.6 Å². The fraction of sp³-hybridized carbons (Fsp3) is 0.500. The maximum atomic E-state index is 12.6. The van der Waals surface area contributed by atoms with Crippen LogP contribution in [-0.4, -0.2) is 51.6 Å². The Morgan fingerprint density at radius 2 is 2.10 bits per heavy atom. The van der Waals surface area contributed by atoms with E-state index in [2.05, 4.69) is 11.2 Å². The van der Waals surface area contributed by atoms with Crippen molar-refractivity contribution >= 4 is 11.8 Å². The summed E-state index contributed by atoms with van der Waals surface area (Å²) in [6, 6.07) is 6.01. The third kappa shape index (κ3) is 5.16. The zero-order valence-electron chi connectivity index (χ0n) is 17.8. The van der Waals surface area contributed by atoms with E-state index >= 15 is 0 Å². The Morgan fingerprint density at radius 3 is 2.79 bits per heavy atom. The molecule has 0 fully saturated rings. The number of hydrogen-bond donors (Lipinski definition) is 0. The van der Waals surface area contributed by atoms with E-state index in [0.29, 0.717) is 39.1 Å². The highest BCUT2D eigenvalue weighted by Gasteiger charge is 2.18. The summed E-state index contributed by atoms with van der Waals surface area (Å²) in [5.74, 6) is 0.972. The lowest BCUT2D eigenvalue weighted by Crippen LogP contribution is -2.30. The molecule has 0 spiro atoms. The molecule has 1 aromatic heterocycles. The molecule has 0 bridgehead atoms. The lowest BCUT2D eigenvalue weighted by Gasteiger charge is -2.18. The molecule has 1 aliphatic rings. The fourth-order valence-corrected chi connectivity index (χ4v) is 3.53. The molecule has 2 amide bonds. The lowest BCUT2D eigenvalue weighted by molar-refractivity contribution is -0.130. The quantitative estimate of drug-likeness (QED) is 0.750. The van der Waals surface area contributed by atoms with Crippen molar-refractivity contribution in [2.75, 3.05) is 20.2 Å². The highest BCUT2D eigenvalue weighted by molar-refractivity contribution is 5.76. The number of benzene rings is 1. The maximum absolute atomic E-state index is 12.6. The minimum atomic E-state index is 0.0466. The van der Waals surface area contributed by atoms with E-state index in [1.54, 1.807) is 16.7 Å². The van der Waals surface area contributed by atoms with Gasteiger partial charge >= 0.3 is 0 Å². The highest BCUT2D eigenvalue weighted by atomic mass is 16.5. The van der Waals surface area contributed by atoms with Gasteiger partial charge in [-0.15, -0.1) is 0 Å². The average Bonchev–Trinajstić information content (AvgIpc) is 2.92. The number of hydrogen-bond acceptors (Lipinski definition) is 4. The van der Waals surface area contributed by atoms with Gasteiger partial charge in [-0.2, -0.15) is 5.10 Å². The molecule has 0 N–H and O–H groups in total. The normalized spacial score (nSPS) is 13.4. The molecule has 0 unspecified atom stereocenters. The number of nitrogens with zero attached hydrogens (tertiary/aromatic N) is 4. The van der Waals surface area contributed by atoms with Gasteiger partial charge in [-0.05, 0) is 31.9 Å². The molecule has 1 aromatic carbocycles. The lowest BCUT2D eigenvalue weighted by atomic mass is 10.0. The third-order valence-electron chi connectivity index (χ3n) is 5.38. The Bertz CT molecular complexity index is 890. The van der Waals surface area contributed by atoms with Crippen LogP contribution in [0.1, 0.15) is 42.7 Å². The molecule has 2 heterocycles. The van der Waals surface area contributed by atoms with E-state index in [4.69, 9.17) is 4.74 Å². The molecule has 0 aliphatic carbocycles. The van der Waals surface area contributed by atoms with Crippen LogP contribution in [0.5, 0.6) is 5.75 Å². The van der Waals surface area contributed by atoms with Gasteiger partial charge in [-0.3, -0.25) is 14.3 Å². The number of aryl methyl sites for hydroxylation is 3. The number of aromatic nitrogens is 2. The van der Waals surface area contributed by atoms with Gasteiger partial charge in [0.15, 0.2) is 0 Å². The second kappa shape index (κ2) is 9.11. The summed E-state index contributed by atoms with van der Waals surface area (Å²) in [6.07, 6.45) is 3.10. The Balaban J connectivity index is 1.60. The number of fused-ring (bicyclic) bond motifs is 1. The molecule has 156 valence electrons. The van der Waals surface area contributed by atoms with E-state index in [9.17, 15) is 9.59 Å². The Hall–Kier alpha value is -2.83. The minimum absolute atomic E-state index is 0.0466. The van der Waals surface area contributed by atoms with Gasteiger partial charge in [0.1, 0.15) is 12.4 Å². The summed E-state index contributed by atoms with van der Waals surface area (Å²) in [5.41, 5.74) is 4.12. The minimum Gasteiger partial charge on any atom is -0.491 e. The highest BCUT2D eigenvalue weighted by Crippen LogP contribution is 2.25. The summed E-state index contributed by atoms with van der Waals surface area (Å²) < 4.78 is 7.65. The SMILES string of the molecule is CCn1cc(CN(C)C(=O)CCc2ccc3c(c2)CN(C(C)=O)CCO3)c(C)n1. The summed E-state index contributed by atoms with van der Waals surface area (Å²) in [6.45, 7) is 8.63. The number of amides is 2. The van der Waals surface area contributed by atoms with Crippen LogP contribution in [0, 0.1) is 6.92 Å². The van der Waals surface area contributed by atoms with E-state index < -0.39 is 0 Å². The monoisotopic (exact) mass is 398 g/mol. The molecule has 29 heavy (non-hydrogen) atoms. The van der Waals surface area contributed by atoms with Crippen LogP contribution in [0.15, 0.2) is 24.4 Å². The van der Waals surface area contributed by atoms with E-state index in [-0.39, 0.29) is 11.8 Å². The van der Waals surface area contributed by atoms with Crippen LogP contribution in [0.4, 0.5) is 0 Å². The van der Waals surface area contributed by atoms with Crippen LogP contribution in [0.25, 0.3) is 0 Å². The molecule has 7 nitrogen and oxygen atoms in total. The van der Waals surface area contributed by atoms with Gasteiger partial charge in [0.2, 0.25) is 11.8 Å². The van der Waals surface area contributed by atoms with Crippen LogP contribution in [0.2, 0.25) is 0 Å². The molecule has 3 rings (SSSR count). The van der Waals surface area contributed by atoms with Gasteiger partial charge in [-0.25, -0.2) is 0 Å². The first-order valence-electron chi connectivity index (χ1n) is 10.1. The first kappa shape index (κ1) is 20.9. The Morgan fingerprint density at radius 1 is 1.31 bits per heavy atom. The first-order chi connectivity index (χ1) is 13.9. The van der Waals surface area contributed by atoms with Crippen molar-refractivity contribution in [3.63, 3.8) is 0 Å². The summed E-state index contributed by atoms with van der Waals surface area (Å²) in [7, 11) is 1.83. The van der Waals surface area contributed by atoms with Gasteiger partial charge in [0.25, 0.3) is 0 Å². The predicted octanol–water partition coefficient (Wildman–Crippen LogP) is 2.54. The van der Waals surface area contributed by atoms with Crippen LogP contribution >= 0.6 is 0 Å². The Labute approximate surface area is 172 Å². The molecule has 2 aromatic rings. The van der Waals surface area contributed by atoms with Crippen molar-refractivity contribution in [3.05, 3.63) is 46.8 Å². The smallest absolute Gasteiger partial charge is 0.222 e. The second-order valence-corrected chi connectivity index (χ2v) is 7.58. The summed E-state index contributed by atoms with van der Waals surface area (Å²) >= 11 is 0. The zero-order valence-corrected chi connectivity index (χ0v) is 17.8. The number of ether oxygens (including phenoxy) is 1. The standard InChI is InChI=1S/C22H30N4O3/c1-5-26-15-20(16(2)23-26)13-24(4)22(28)9-7-18-6-8-21-19(12-18)14-25(17(3)27)10-11-29-21/h6,8,12,15H,5,7,9-11,13-14H2,1-4H3. The number of carbonyl (C=O) groups excluding carboxylic acids is 2. The second-order valence-electron chi connectivity index (χ2n) is 7.58. The molecular weight excluding hydrogens is 368 g/mol. The van der Waals surface area contributed by atoms with Gasteiger partial charge in [-0.1, -0.05) is 12.1 Å². The predicted molar refractivity (Wildman–Crippen MR) is 110 cm³/mol. The van der Waals surface area contributed by atoms with Gasteiger partial charge in [0, 0.05) is 57.4 Å². The fourth-order valence-electron chi connectivity index (χ4n) is 3.53. The van der Waals surface area contributed by atoms with E-state index in [1.165, 1.54) is 0 Å². The molecular formula is C22H30N4O3. The van der Waals surface area contributed by atoms with Gasteiger partial charge < -0.3 is 14.5 Å². The summed E-state index contributed by atoms with van der Waals surface area (Å²) in [4.78, 5) is 27.9. The van der Waals surface area contributed by atoms with E-state index in [1.807, 2.05) is 43.9 Å². The third-order valence-corrected chi connectivity index (χ3v) is 5.38. The largest absolute Gasteiger partial charge is 0.491 e. The maximum Gasteiger partial charge on any atom is 0.222 e. The first-order valence-corrected chi connectivity index (χ1v) is 10.1. The number of rotatable bonds is 6. The van der Waals surface area contributed by atoms with E-state index in [0.717, 1.165) is 34.7 Å². The molecule has 0 saturated heterocycles. The molecule has 0 radical (unpaired) electrons. The topological polar surface area (TPSA) is 67.7 Å². The van der Waals surface area contributed by atoms with Crippen molar-refractivity contribution in [2.45, 2.75) is 53.2 Å². The van der Waals surface area contributed by atoms with Crippen molar-refractivity contribution in [1.82, 2.24) is 19.6 Å². The molecule has 7 heteroatoms. The van der Waals surface area contributed by atoms with Gasteiger partial charge in [0.05, 0.1) is 12.2 Å². The van der Waals surface area contributed by atoms with Crippen molar-refractivity contribution in [3.8, 4) is 5.75 Å². The molecule has 0 atom stereocenters. The average molecular weight is 399 g/mol. The summed E-state index contributed by atoms with van der Waals surface area (Å²) in [5, 5.41) is 4.44. The van der Waals surface area contributed by atoms with Crippen molar-refractivity contribution in [1.29, 1.82) is 0 Å². The molecule has 0 saturated carbocycles. The van der Waals surface area contributed by atoms with Crippen LogP contribution in [0.3, 0.4) is 0 Å². The van der Waals surface area contributed by atoms with Crippen molar-refractivity contribution < 1.29 is 14.3 Å². The molecule has 1 aliphatic heterocycles. The Kier molecular flexibility index (Phi) is 6.56. The van der Waals surface area contributed by atoms with Crippen molar-refractivity contribution in [2.24, 2.45) is 0 Å².